The van der Waals surface area contributed by atoms with Crippen LogP contribution in [-0.4, -0.2) is 83.1 Å². The molecule has 54 heavy (non-hydrogen) atoms. The van der Waals surface area contributed by atoms with Gasteiger partial charge in [0.25, 0.3) is 18.0 Å². The third kappa shape index (κ3) is 7.19. The molecule has 3 aromatic rings. The Labute approximate surface area is 326 Å². The van der Waals surface area contributed by atoms with Crippen molar-refractivity contribution in [3.05, 3.63) is 108 Å². The number of rotatable bonds is 7. The summed E-state index contributed by atoms with van der Waals surface area (Å²) in [5, 5.41) is 22.7. The summed E-state index contributed by atoms with van der Waals surface area (Å²) in [6.45, 7) is 11.5. The fourth-order valence-corrected chi connectivity index (χ4v) is 12.4. The molecule has 2 saturated heterocycles. The molecule has 3 heterocycles. The molecule has 10 nitrogen and oxygen atoms in total. The predicted octanol–water partition coefficient (Wildman–Crippen LogP) is 4.75. The second-order valence-corrected chi connectivity index (χ2v) is 21.2. The number of aryl methyl sites for hydroxylation is 1. The minimum atomic E-state index is -4.71. The zero-order valence-electron chi connectivity index (χ0n) is 29.7. The van der Waals surface area contributed by atoms with Crippen LogP contribution in [0, 0.1) is 6.92 Å². The van der Waals surface area contributed by atoms with E-state index in [2.05, 4.69) is 43.3 Å². The molecule has 3 aromatic carbocycles. The molecule has 0 aliphatic carbocycles. The minimum Gasteiger partial charge on any atom is -0.454 e. The number of carbonyl (C=O) groups is 2. The van der Waals surface area contributed by atoms with Gasteiger partial charge in [-0.15, -0.1) is 0 Å². The topological polar surface area (TPSA) is 125 Å². The van der Waals surface area contributed by atoms with Crippen LogP contribution < -0.4 is 26.3 Å². The Kier molecular flexibility index (Phi) is 10.6. The minimum absolute atomic E-state index is 0.0384. The Morgan fingerprint density at radius 2 is 1.63 bits per heavy atom. The summed E-state index contributed by atoms with van der Waals surface area (Å²) in [4.78, 5) is 32.9. The molecule has 0 saturated carbocycles. The first-order valence-corrected chi connectivity index (χ1v) is 20.0. The first-order valence-electron chi connectivity index (χ1n) is 17.0. The first-order chi connectivity index (χ1) is 25.2. The highest BCUT2D eigenvalue weighted by molar-refractivity contribution is 6.99. The number of nitrogens with one attached hydrogen (secondary N) is 3. The Bertz CT molecular complexity index is 1920. The monoisotopic (exact) mass is 823 g/mol. The zero-order valence-corrected chi connectivity index (χ0v) is 32.9. The molecule has 3 aliphatic heterocycles. The average Bonchev–Trinajstić information content (AvgIpc) is 3.59. The van der Waals surface area contributed by atoms with Crippen LogP contribution in [-0.2, 0) is 20.1 Å². The average molecular weight is 825 g/mol. The van der Waals surface area contributed by atoms with Crippen molar-refractivity contribution in [2.24, 2.45) is 4.99 Å². The van der Waals surface area contributed by atoms with Crippen LogP contribution in [0.15, 0.2) is 96.3 Å². The molecule has 1 amide bonds. The number of carbonyl (C=O) groups excluding carboxylic acids is 2. The third-order valence-corrected chi connectivity index (χ3v) is 15.5. The van der Waals surface area contributed by atoms with Gasteiger partial charge in [0.1, 0.15) is 18.2 Å². The van der Waals surface area contributed by atoms with Crippen LogP contribution in [0.2, 0.25) is 5.04 Å². The summed E-state index contributed by atoms with van der Waals surface area (Å²) in [6.07, 6.45) is -7.62. The lowest BCUT2D eigenvalue weighted by Gasteiger charge is -2.48. The van der Waals surface area contributed by atoms with E-state index in [1.54, 1.807) is 0 Å². The van der Waals surface area contributed by atoms with Crippen molar-refractivity contribution in [2.75, 3.05) is 13.2 Å². The summed E-state index contributed by atoms with van der Waals surface area (Å²) in [5.74, 6) is -1.99. The van der Waals surface area contributed by atoms with Crippen molar-refractivity contribution in [3.8, 4) is 0 Å². The number of benzene rings is 3. The molecule has 4 N–H and O–H groups in total. The van der Waals surface area contributed by atoms with Gasteiger partial charge in [-0.3, -0.25) is 10.1 Å². The van der Waals surface area contributed by atoms with Crippen molar-refractivity contribution >= 4 is 71.3 Å². The van der Waals surface area contributed by atoms with Gasteiger partial charge < -0.3 is 29.8 Å². The summed E-state index contributed by atoms with van der Waals surface area (Å²) in [6, 6.07) is 21.0. The van der Waals surface area contributed by atoms with E-state index in [1.807, 2.05) is 60.7 Å². The highest BCUT2D eigenvalue weighted by atomic mass is 35.6. The van der Waals surface area contributed by atoms with E-state index in [1.165, 1.54) is 17.9 Å². The summed E-state index contributed by atoms with van der Waals surface area (Å²) < 4.78 is 51.4. The largest absolute Gasteiger partial charge is 0.454 e. The second kappa shape index (κ2) is 14.4. The standard InChI is InChI=1S/C37H39Cl3F3N5O5Si/c1-21-16-23(18-24(17-21)37(41,42)43)31(50)53-28-19-48-33(46-32(51)36(38,39)40)45-27(29-35(48,30(28)49)47-22(2)44-29)20-52-54(34(3,4)5,25-12-8-6-9-13-25)26-14-10-7-11-15-26/h6-18,27-30,44,47,49H,2,19-20H2,1,3-5H3,(H,45,46,51)/t27-,28?,29-,30-,35?/m0/s1. The van der Waals surface area contributed by atoms with Crippen LogP contribution in [0.3, 0.4) is 0 Å². The first kappa shape index (κ1) is 39.9. The van der Waals surface area contributed by atoms with Gasteiger partial charge in [0.2, 0.25) is 5.96 Å². The van der Waals surface area contributed by atoms with Crippen molar-refractivity contribution in [1.82, 2.24) is 20.9 Å². The lowest BCUT2D eigenvalue weighted by atomic mass is 9.88. The van der Waals surface area contributed by atoms with Gasteiger partial charge in [0.15, 0.2) is 5.66 Å². The maximum Gasteiger partial charge on any atom is 0.416 e. The van der Waals surface area contributed by atoms with E-state index >= 15 is 0 Å². The van der Waals surface area contributed by atoms with Crippen molar-refractivity contribution in [2.45, 2.75) is 72.7 Å². The van der Waals surface area contributed by atoms with Crippen molar-refractivity contribution in [1.29, 1.82) is 0 Å². The van der Waals surface area contributed by atoms with Gasteiger partial charge in [-0.1, -0.05) is 123 Å². The van der Waals surface area contributed by atoms with Gasteiger partial charge in [-0.05, 0) is 46.1 Å². The molecule has 2 fully saturated rings. The quantitative estimate of drug-likeness (QED) is 0.153. The molecule has 6 rings (SSSR count). The number of aliphatic imine (C=N–C) groups is 1. The van der Waals surface area contributed by atoms with E-state index in [-0.39, 0.29) is 36.1 Å². The molecule has 2 unspecified atom stereocenters. The second-order valence-electron chi connectivity index (χ2n) is 14.6. The molecule has 1 spiro atoms. The molecule has 0 radical (unpaired) electrons. The van der Waals surface area contributed by atoms with E-state index in [0.29, 0.717) is 6.07 Å². The number of aliphatic hydroxyl groups excluding tert-OH is 1. The number of guanidine groups is 1. The van der Waals surface area contributed by atoms with E-state index in [9.17, 15) is 27.9 Å². The Balaban J connectivity index is 1.40. The summed E-state index contributed by atoms with van der Waals surface area (Å²) >= 11 is 17.9. The lowest BCUT2D eigenvalue weighted by molar-refractivity contribution is -0.137. The van der Waals surface area contributed by atoms with E-state index in [4.69, 9.17) is 49.0 Å². The summed E-state index contributed by atoms with van der Waals surface area (Å²) in [7, 11) is -3.14. The van der Waals surface area contributed by atoms with Gasteiger partial charge in [0.05, 0.1) is 36.1 Å². The van der Waals surface area contributed by atoms with Crippen LogP contribution in [0.1, 0.15) is 42.3 Å². The van der Waals surface area contributed by atoms with Crippen LogP contribution in [0.25, 0.3) is 0 Å². The van der Waals surface area contributed by atoms with Gasteiger partial charge >= 0.3 is 12.1 Å². The smallest absolute Gasteiger partial charge is 0.416 e. The van der Waals surface area contributed by atoms with E-state index in [0.717, 1.165) is 16.4 Å². The van der Waals surface area contributed by atoms with Gasteiger partial charge in [-0.2, -0.15) is 13.2 Å². The highest BCUT2D eigenvalue weighted by Crippen LogP contribution is 2.43. The van der Waals surface area contributed by atoms with Crippen LogP contribution in [0.4, 0.5) is 13.2 Å². The number of hydrogen-bond donors (Lipinski definition) is 4. The lowest BCUT2D eigenvalue weighted by Crippen LogP contribution is -2.74. The Morgan fingerprint density at radius 3 is 2.17 bits per heavy atom. The molecule has 17 heteroatoms. The van der Waals surface area contributed by atoms with Gasteiger partial charge in [-0.25, -0.2) is 9.79 Å². The van der Waals surface area contributed by atoms with Gasteiger partial charge in [0, 0.05) is 0 Å². The molecule has 5 atom stereocenters. The molecule has 3 aliphatic rings. The maximum atomic E-state index is 13.6. The Morgan fingerprint density at radius 1 is 1.04 bits per heavy atom. The van der Waals surface area contributed by atoms with Crippen molar-refractivity contribution < 1.29 is 37.0 Å². The molecular formula is C37H39Cl3F3N5O5Si. The highest BCUT2D eigenvalue weighted by Gasteiger charge is 2.67. The van der Waals surface area contributed by atoms with Crippen LogP contribution in [0.5, 0.6) is 0 Å². The number of ether oxygens (including phenoxy) is 1. The number of amides is 1. The SMILES string of the molecule is C=C1N[C@H]2[C@H](CO[Si](c3ccccc3)(c3ccccc3)C(C)(C)C)N=C(NC(=O)C(Cl)(Cl)Cl)N3CC(OC(=O)c4cc(C)cc(C(F)(F)F)c4)[C@H](O)C23N1. The predicted molar refractivity (Wildman–Crippen MR) is 203 cm³/mol. The number of hydrogen-bond acceptors (Lipinski definition) is 9. The fourth-order valence-electron chi connectivity index (χ4n) is 7.72. The number of esters is 1. The molecule has 0 bridgehead atoms. The van der Waals surface area contributed by atoms with Crippen molar-refractivity contribution in [3.63, 3.8) is 0 Å². The number of halogens is 6. The third-order valence-electron chi connectivity index (χ3n) is 9.96. The van der Waals surface area contributed by atoms with E-state index < -0.39 is 70.7 Å². The Hall–Kier alpha value is -3.79. The molecule has 288 valence electrons. The molecule has 0 aromatic heterocycles. The van der Waals surface area contributed by atoms with Crippen LogP contribution >= 0.6 is 34.8 Å². The zero-order chi connectivity index (χ0) is 39.4. The normalized spacial score (nSPS) is 24.2. The molecular weight excluding hydrogens is 786 g/mol. The summed E-state index contributed by atoms with van der Waals surface area (Å²) in [5.41, 5.74) is -2.78. The number of aliphatic hydroxyl groups is 1. The fraction of sp³-hybridized carbons (Fsp3) is 0.378. The maximum absolute atomic E-state index is 13.6. The number of nitrogens with zero attached hydrogens (tertiary/aromatic N) is 2. The number of alkyl halides is 6.